The minimum absolute atomic E-state index is 0.101. The highest BCUT2D eigenvalue weighted by Gasteiger charge is 2.02. The predicted octanol–water partition coefficient (Wildman–Crippen LogP) is 4.02. The van der Waals surface area contributed by atoms with Crippen LogP contribution in [0.5, 0.6) is 5.75 Å². The second-order valence-corrected chi connectivity index (χ2v) is 5.58. The van der Waals surface area contributed by atoms with E-state index in [2.05, 4.69) is 10.5 Å². The van der Waals surface area contributed by atoms with Crippen molar-refractivity contribution in [2.24, 2.45) is 5.10 Å². The Morgan fingerprint density at radius 2 is 1.79 bits per heavy atom. The van der Waals surface area contributed by atoms with E-state index in [1.54, 1.807) is 18.3 Å². The Morgan fingerprint density at radius 1 is 1.04 bits per heavy atom. The van der Waals surface area contributed by atoms with Crippen molar-refractivity contribution in [3.63, 3.8) is 0 Å². The lowest BCUT2D eigenvalue weighted by Gasteiger charge is -2.06. The molecule has 3 rings (SSSR count). The lowest BCUT2D eigenvalue weighted by molar-refractivity contribution is -0.123. The minimum Gasteiger partial charge on any atom is -0.484 e. The van der Waals surface area contributed by atoms with E-state index in [-0.39, 0.29) is 12.5 Å². The quantitative estimate of drug-likeness (QED) is 0.564. The van der Waals surface area contributed by atoms with Gasteiger partial charge in [0.15, 0.2) is 6.61 Å². The van der Waals surface area contributed by atoms with E-state index in [1.165, 1.54) is 0 Å². The van der Waals surface area contributed by atoms with Crippen molar-refractivity contribution in [1.29, 1.82) is 0 Å². The molecule has 0 unspecified atom stereocenters. The lowest BCUT2D eigenvalue weighted by atomic mass is 10.1. The molecule has 0 aromatic heterocycles. The van der Waals surface area contributed by atoms with E-state index in [0.29, 0.717) is 10.8 Å². The number of hydrogen-bond acceptors (Lipinski definition) is 3. The molecule has 0 heterocycles. The van der Waals surface area contributed by atoms with Gasteiger partial charge in [-0.25, -0.2) is 5.43 Å². The molecular formula is C19H15ClN2O2. The number of hydrogen-bond donors (Lipinski definition) is 1. The Morgan fingerprint density at radius 3 is 2.58 bits per heavy atom. The number of nitrogens with zero attached hydrogens (tertiary/aromatic N) is 1. The molecule has 1 amide bonds. The second-order valence-electron chi connectivity index (χ2n) is 5.14. The number of carbonyl (C=O) groups is 1. The van der Waals surface area contributed by atoms with Crippen LogP contribution in [0.1, 0.15) is 5.56 Å². The van der Waals surface area contributed by atoms with Gasteiger partial charge in [0.25, 0.3) is 5.91 Å². The summed E-state index contributed by atoms with van der Waals surface area (Å²) in [5.74, 6) is 0.318. The van der Waals surface area contributed by atoms with Crippen LogP contribution in [0.4, 0.5) is 0 Å². The highest BCUT2D eigenvalue weighted by atomic mass is 35.5. The Balaban J connectivity index is 1.52. The number of rotatable bonds is 5. The Labute approximate surface area is 144 Å². The van der Waals surface area contributed by atoms with Gasteiger partial charge in [0.2, 0.25) is 0 Å². The molecule has 0 aliphatic heterocycles. The maximum atomic E-state index is 11.8. The largest absolute Gasteiger partial charge is 0.484 e. The molecule has 0 aliphatic rings. The van der Waals surface area contributed by atoms with Crippen LogP contribution in [0.2, 0.25) is 5.02 Å². The normalized spacial score (nSPS) is 10.9. The van der Waals surface area contributed by atoms with Crippen LogP contribution in [0.15, 0.2) is 71.8 Å². The Bertz CT molecular complexity index is 876. The lowest BCUT2D eigenvalue weighted by Crippen LogP contribution is -2.24. The van der Waals surface area contributed by atoms with Crippen molar-refractivity contribution in [3.8, 4) is 5.75 Å². The smallest absolute Gasteiger partial charge is 0.277 e. The van der Waals surface area contributed by atoms with E-state index in [0.717, 1.165) is 16.3 Å². The third-order valence-corrected chi connectivity index (χ3v) is 3.62. The molecular weight excluding hydrogens is 324 g/mol. The van der Waals surface area contributed by atoms with Gasteiger partial charge in [-0.1, -0.05) is 54.1 Å². The fourth-order valence-electron chi connectivity index (χ4n) is 2.17. The van der Waals surface area contributed by atoms with Crippen LogP contribution in [0.3, 0.4) is 0 Å². The van der Waals surface area contributed by atoms with Crippen molar-refractivity contribution >= 4 is 34.5 Å². The van der Waals surface area contributed by atoms with Crippen molar-refractivity contribution < 1.29 is 9.53 Å². The molecule has 0 saturated heterocycles. The number of ether oxygens (including phenoxy) is 1. The van der Waals surface area contributed by atoms with Gasteiger partial charge >= 0.3 is 0 Å². The van der Waals surface area contributed by atoms with E-state index >= 15 is 0 Å². The third kappa shape index (κ3) is 4.33. The summed E-state index contributed by atoms with van der Waals surface area (Å²) in [4.78, 5) is 11.8. The Kier molecular flexibility index (Phi) is 5.08. The van der Waals surface area contributed by atoms with Gasteiger partial charge in [-0.05, 0) is 40.6 Å². The molecule has 120 valence electrons. The molecule has 3 aromatic carbocycles. The summed E-state index contributed by atoms with van der Waals surface area (Å²) in [6.45, 7) is -0.101. The first-order valence-corrected chi connectivity index (χ1v) is 7.77. The maximum absolute atomic E-state index is 11.8. The monoisotopic (exact) mass is 338 g/mol. The second kappa shape index (κ2) is 7.62. The number of carbonyl (C=O) groups excluding carboxylic acids is 1. The van der Waals surface area contributed by atoms with E-state index in [4.69, 9.17) is 16.3 Å². The molecule has 0 radical (unpaired) electrons. The Hall–Kier alpha value is -2.85. The molecule has 4 nitrogen and oxygen atoms in total. The average molecular weight is 339 g/mol. The summed E-state index contributed by atoms with van der Waals surface area (Å²) in [5.41, 5.74) is 3.27. The van der Waals surface area contributed by atoms with E-state index < -0.39 is 0 Å². The summed E-state index contributed by atoms with van der Waals surface area (Å²) in [6.07, 6.45) is 1.55. The number of fused-ring (bicyclic) bond motifs is 1. The highest BCUT2D eigenvalue weighted by molar-refractivity contribution is 6.30. The summed E-state index contributed by atoms with van der Waals surface area (Å²) in [5, 5.41) is 6.73. The number of hydrazone groups is 1. The molecule has 1 N–H and O–H groups in total. The number of benzene rings is 3. The molecule has 0 atom stereocenters. The fraction of sp³-hybridized carbons (Fsp3) is 0.0526. The van der Waals surface area contributed by atoms with Gasteiger partial charge in [0.05, 0.1) is 6.21 Å². The van der Waals surface area contributed by atoms with Gasteiger partial charge in [-0.2, -0.15) is 5.10 Å². The average Bonchev–Trinajstić information content (AvgIpc) is 2.61. The van der Waals surface area contributed by atoms with Crippen molar-refractivity contribution in [3.05, 3.63) is 77.3 Å². The topological polar surface area (TPSA) is 50.7 Å². The van der Waals surface area contributed by atoms with Crippen molar-refractivity contribution in [2.45, 2.75) is 0 Å². The summed E-state index contributed by atoms with van der Waals surface area (Å²) in [7, 11) is 0. The number of nitrogens with one attached hydrogen (secondary N) is 1. The molecule has 24 heavy (non-hydrogen) atoms. The minimum atomic E-state index is -0.326. The van der Waals surface area contributed by atoms with Crippen molar-refractivity contribution in [1.82, 2.24) is 5.43 Å². The summed E-state index contributed by atoms with van der Waals surface area (Å²) < 4.78 is 5.49. The molecule has 0 aliphatic carbocycles. The fourth-order valence-corrected chi connectivity index (χ4v) is 2.29. The van der Waals surface area contributed by atoms with Crippen LogP contribution in [-0.4, -0.2) is 18.7 Å². The van der Waals surface area contributed by atoms with Gasteiger partial charge in [-0.3, -0.25) is 4.79 Å². The van der Waals surface area contributed by atoms with Crippen LogP contribution >= 0.6 is 11.6 Å². The predicted molar refractivity (Wildman–Crippen MR) is 96.6 cm³/mol. The number of amides is 1. The molecule has 0 saturated carbocycles. The zero-order valence-corrected chi connectivity index (χ0v) is 13.5. The van der Waals surface area contributed by atoms with Crippen LogP contribution < -0.4 is 10.2 Å². The first kappa shape index (κ1) is 16.0. The maximum Gasteiger partial charge on any atom is 0.277 e. The third-order valence-electron chi connectivity index (χ3n) is 3.36. The zero-order chi connectivity index (χ0) is 16.8. The molecule has 5 heteroatoms. The van der Waals surface area contributed by atoms with Crippen molar-refractivity contribution in [2.75, 3.05) is 6.61 Å². The standard InChI is InChI=1S/C19H15ClN2O2/c20-17-8-5-14(6-9-17)12-21-22-19(23)13-24-18-10-7-15-3-1-2-4-16(15)11-18/h1-12H,13H2,(H,22,23)/b21-12+. The zero-order valence-electron chi connectivity index (χ0n) is 12.8. The summed E-state index contributed by atoms with van der Waals surface area (Å²) >= 11 is 5.80. The SMILES string of the molecule is O=C(COc1ccc2ccccc2c1)N/N=C/c1ccc(Cl)cc1. The van der Waals surface area contributed by atoms with Crippen LogP contribution in [-0.2, 0) is 4.79 Å². The molecule has 0 fully saturated rings. The van der Waals surface area contributed by atoms with Gasteiger partial charge in [0, 0.05) is 5.02 Å². The van der Waals surface area contributed by atoms with E-state index in [9.17, 15) is 4.79 Å². The first-order chi connectivity index (χ1) is 11.7. The van der Waals surface area contributed by atoms with Crippen LogP contribution in [0.25, 0.3) is 10.8 Å². The molecule has 0 spiro atoms. The highest BCUT2D eigenvalue weighted by Crippen LogP contribution is 2.20. The van der Waals surface area contributed by atoms with Gasteiger partial charge in [0.1, 0.15) is 5.75 Å². The van der Waals surface area contributed by atoms with E-state index in [1.807, 2.05) is 54.6 Å². The molecule has 3 aromatic rings. The van der Waals surface area contributed by atoms with Crippen LogP contribution in [0, 0.1) is 0 Å². The van der Waals surface area contributed by atoms with Gasteiger partial charge < -0.3 is 4.74 Å². The van der Waals surface area contributed by atoms with Gasteiger partial charge in [-0.15, -0.1) is 0 Å². The summed E-state index contributed by atoms with van der Waals surface area (Å²) in [6, 6.07) is 20.8. The number of halogens is 1. The molecule has 0 bridgehead atoms. The first-order valence-electron chi connectivity index (χ1n) is 7.40.